The van der Waals surface area contributed by atoms with Gasteiger partial charge < -0.3 is 10.6 Å². The van der Waals surface area contributed by atoms with Gasteiger partial charge in [0.1, 0.15) is 5.71 Å². The second-order valence-corrected chi connectivity index (χ2v) is 4.84. The molecule has 0 aromatic carbocycles. The molecule has 1 fully saturated rings. The van der Waals surface area contributed by atoms with Crippen molar-refractivity contribution < 1.29 is 4.79 Å². The van der Waals surface area contributed by atoms with Gasteiger partial charge in [-0.15, -0.1) is 0 Å². The summed E-state index contributed by atoms with van der Waals surface area (Å²) in [7, 11) is 1.62. The highest BCUT2D eigenvalue weighted by Gasteiger charge is 2.25. The van der Waals surface area contributed by atoms with Crippen molar-refractivity contribution in [2.45, 2.75) is 26.7 Å². The van der Waals surface area contributed by atoms with Gasteiger partial charge in [0.15, 0.2) is 0 Å². The predicted molar refractivity (Wildman–Crippen MR) is 70.8 cm³/mol. The van der Waals surface area contributed by atoms with Gasteiger partial charge in [-0.05, 0) is 37.0 Å². The molecule has 2 N–H and O–H groups in total. The molecule has 0 radical (unpaired) electrons. The Hall–Kier alpha value is -1.32. The first-order chi connectivity index (χ1) is 8.10. The molecule has 1 saturated heterocycles. The fraction of sp³-hybridized carbons (Fsp3) is 0.692. The minimum absolute atomic E-state index is 0.00333. The van der Waals surface area contributed by atoms with E-state index in [2.05, 4.69) is 18.8 Å². The van der Waals surface area contributed by atoms with Crippen LogP contribution in [-0.2, 0) is 4.79 Å². The van der Waals surface area contributed by atoms with Gasteiger partial charge in [-0.1, -0.05) is 13.8 Å². The van der Waals surface area contributed by atoms with Crippen molar-refractivity contribution in [1.29, 1.82) is 0 Å². The summed E-state index contributed by atoms with van der Waals surface area (Å²) in [6.45, 7) is 6.16. The number of amides is 1. The second kappa shape index (κ2) is 6.42. The Labute approximate surface area is 104 Å². The molecule has 4 nitrogen and oxygen atoms in total. The van der Waals surface area contributed by atoms with Crippen molar-refractivity contribution in [2.75, 3.05) is 20.1 Å². The molecular formula is C13H23N3O. The van der Waals surface area contributed by atoms with E-state index in [1.165, 1.54) is 6.20 Å². The van der Waals surface area contributed by atoms with E-state index in [1.54, 1.807) is 13.1 Å². The summed E-state index contributed by atoms with van der Waals surface area (Å²) in [4.78, 5) is 17.9. The minimum Gasteiger partial charge on any atom is -0.405 e. The number of rotatable bonds is 3. The normalized spacial score (nSPS) is 19.3. The van der Waals surface area contributed by atoms with Crippen LogP contribution in [0.2, 0.25) is 0 Å². The van der Waals surface area contributed by atoms with Gasteiger partial charge >= 0.3 is 0 Å². The number of carbonyl (C=O) groups is 1. The number of piperidine rings is 1. The van der Waals surface area contributed by atoms with E-state index in [-0.39, 0.29) is 5.91 Å². The van der Waals surface area contributed by atoms with E-state index in [0.717, 1.165) is 31.8 Å². The molecule has 1 rings (SSSR count). The molecule has 1 aliphatic rings. The van der Waals surface area contributed by atoms with E-state index in [4.69, 9.17) is 5.73 Å². The average molecular weight is 237 g/mol. The Morgan fingerprint density at radius 1 is 1.41 bits per heavy atom. The molecule has 1 heterocycles. The number of aliphatic imine (C=N–C) groups is 1. The molecule has 0 unspecified atom stereocenters. The molecule has 0 aromatic rings. The van der Waals surface area contributed by atoms with Gasteiger partial charge in [-0.3, -0.25) is 9.79 Å². The van der Waals surface area contributed by atoms with Crippen LogP contribution in [0.3, 0.4) is 0 Å². The van der Waals surface area contributed by atoms with Crippen molar-refractivity contribution in [2.24, 2.45) is 22.6 Å². The van der Waals surface area contributed by atoms with Crippen molar-refractivity contribution >= 4 is 11.6 Å². The first-order valence-corrected chi connectivity index (χ1v) is 6.24. The third-order valence-electron chi connectivity index (χ3n) is 3.48. The Morgan fingerprint density at radius 3 is 2.41 bits per heavy atom. The maximum Gasteiger partial charge on any atom is 0.272 e. The van der Waals surface area contributed by atoms with Crippen LogP contribution in [0.1, 0.15) is 26.7 Å². The van der Waals surface area contributed by atoms with E-state index in [0.29, 0.717) is 11.6 Å². The summed E-state index contributed by atoms with van der Waals surface area (Å²) in [6.07, 6.45) is 5.11. The maximum atomic E-state index is 12.1. The molecular weight excluding hydrogens is 214 g/mol. The molecule has 4 heteroatoms. The van der Waals surface area contributed by atoms with Crippen LogP contribution < -0.4 is 5.73 Å². The number of nitrogens with zero attached hydrogens (tertiary/aromatic N) is 2. The minimum atomic E-state index is -0.00333. The lowest BCUT2D eigenvalue weighted by molar-refractivity contribution is -0.125. The highest BCUT2D eigenvalue weighted by molar-refractivity contribution is 6.43. The van der Waals surface area contributed by atoms with Crippen molar-refractivity contribution in [1.82, 2.24) is 4.90 Å². The van der Waals surface area contributed by atoms with Crippen LogP contribution in [0.5, 0.6) is 0 Å². The molecule has 0 atom stereocenters. The zero-order valence-corrected chi connectivity index (χ0v) is 11.0. The molecule has 96 valence electrons. The monoisotopic (exact) mass is 237 g/mol. The molecule has 0 aromatic heterocycles. The molecule has 0 spiro atoms. The topological polar surface area (TPSA) is 58.7 Å². The van der Waals surface area contributed by atoms with Gasteiger partial charge in [0.05, 0.1) is 0 Å². The number of hydrogen-bond donors (Lipinski definition) is 1. The first kappa shape index (κ1) is 13.7. The van der Waals surface area contributed by atoms with Gasteiger partial charge in [-0.2, -0.15) is 0 Å². The summed E-state index contributed by atoms with van der Waals surface area (Å²) >= 11 is 0. The van der Waals surface area contributed by atoms with Crippen LogP contribution in [0.25, 0.3) is 0 Å². The molecule has 17 heavy (non-hydrogen) atoms. The van der Waals surface area contributed by atoms with E-state index >= 15 is 0 Å². The second-order valence-electron chi connectivity index (χ2n) is 4.84. The van der Waals surface area contributed by atoms with Crippen LogP contribution >= 0.6 is 0 Å². The van der Waals surface area contributed by atoms with Gasteiger partial charge in [0.2, 0.25) is 0 Å². The Bertz CT molecular complexity index is 313. The molecule has 0 bridgehead atoms. The largest absolute Gasteiger partial charge is 0.405 e. The quantitative estimate of drug-likeness (QED) is 0.755. The average Bonchev–Trinajstić information content (AvgIpc) is 2.35. The summed E-state index contributed by atoms with van der Waals surface area (Å²) in [6, 6.07) is 0. The van der Waals surface area contributed by atoms with Crippen molar-refractivity contribution in [3.05, 3.63) is 12.3 Å². The highest BCUT2D eigenvalue weighted by Crippen LogP contribution is 2.24. The van der Waals surface area contributed by atoms with E-state index in [9.17, 15) is 4.79 Å². The Balaban J connectivity index is 2.57. The van der Waals surface area contributed by atoms with Crippen molar-refractivity contribution in [3.8, 4) is 0 Å². The smallest absolute Gasteiger partial charge is 0.272 e. The fourth-order valence-electron chi connectivity index (χ4n) is 2.26. The van der Waals surface area contributed by atoms with Gasteiger partial charge in [-0.25, -0.2) is 0 Å². The Kier molecular flexibility index (Phi) is 5.19. The lowest BCUT2D eigenvalue weighted by atomic mass is 9.86. The lowest BCUT2D eigenvalue weighted by Crippen LogP contribution is -2.42. The number of carbonyl (C=O) groups excluding carboxylic acids is 1. The Morgan fingerprint density at radius 2 is 2.00 bits per heavy atom. The molecule has 0 aliphatic carbocycles. The lowest BCUT2D eigenvalue weighted by Gasteiger charge is -2.33. The number of nitrogens with two attached hydrogens (primary N) is 1. The maximum absolute atomic E-state index is 12.1. The zero-order chi connectivity index (χ0) is 12.8. The first-order valence-electron chi connectivity index (χ1n) is 6.24. The standard InChI is InChI=1S/C13H23N3O/c1-10(2)11-5-8-16(9-6-11)13(17)12(15-3)4-7-14/h4,7,10-11H,5-6,8-9,14H2,1-3H3. The molecule has 1 amide bonds. The van der Waals surface area contributed by atoms with Crippen molar-refractivity contribution in [3.63, 3.8) is 0 Å². The van der Waals surface area contributed by atoms with Crippen LogP contribution in [-0.4, -0.2) is 36.7 Å². The predicted octanol–water partition coefficient (Wildman–Crippen LogP) is 1.42. The summed E-state index contributed by atoms with van der Waals surface area (Å²) in [5.41, 5.74) is 5.74. The van der Waals surface area contributed by atoms with Gasteiger partial charge in [0.25, 0.3) is 5.91 Å². The third kappa shape index (κ3) is 3.58. The third-order valence-corrected chi connectivity index (χ3v) is 3.48. The van der Waals surface area contributed by atoms with Gasteiger partial charge in [0, 0.05) is 20.1 Å². The number of hydrogen-bond acceptors (Lipinski definition) is 3. The fourth-order valence-corrected chi connectivity index (χ4v) is 2.26. The van der Waals surface area contributed by atoms with Crippen LogP contribution in [0.15, 0.2) is 17.3 Å². The summed E-state index contributed by atoms with van der Waals surface area (Å²) in [5, 5.41) is 0. The SMILES string of the molecule is CN=C(C=CN)C(=O)N1CCC(C(C)C)CC1. The summed E-state index contributed by atoms with van der Waals surface area (Å²) in [5.74, 6) is 1.44. The number of likely N-dealkylation sites (tertiary alicyclic amines) is 1. The summed E-state index contributed by atoms with van der Waals surface area (Å²) < 4.78 is 0. The zero-order valence-electron chi connectivity index (χ0n) is 11.0. The molecule has 0 saturated carbocycles. The molecule has 1 aliphatic heterocycles. The van der Waals surface area contributed by atoms with E-state index < -0.39 is 0 Å². The van der Waals surface area contributed by atoms with E-state index in [1.807, 2.05) is 4.90 Å². The van der Waals surface area contributed by atoms with Crippen LogP contribution in [0, 0.1) is 11.8 Å². The highest BCUT2D eigenvalue weighted by atomic mass is 16.2. The van der Waals surface area contributed by atoms with Crippen LogP contribution in [0.4, 0.5) is 0 Å².